The molecule has 1 heterocycles. The van der Waals surface area contributed by atoms with Gasteiger partial charge in [-0.25, -0.2) is 9.78 Å². The Labute approximate surface area is 103 Å². The Morgan fingerprint density at radius 2 is 2.35 bits per heavy atom. The first kappa shape index (κ1) is 11.7. The Morgan fingerprint density at radius 3 is 3.00 bits per heavy atom. The number of aromatic nitrogens is 2. The molecule has 0 amide bonds. The number of carbonyl (C=O) groups is 1. The fourth-order valence-electron chi connectivity index (χ4n) is 1.75. The summed E-state index contributed by atoms with van der Waals surface area (Å²) in [4.78, 5) is 14.8. The van der Waals surface area contributed by atoms with Gasteiger partial charge in [0.05, 0.1) is 16.1 Å². The molecular formula is C12H11ClN2O2. The maximum atomic E-state index is 10.5. The third-order valence-corrected chi connectivity index (χ3v) is 2.74. The molecule has 0 radical (unpaired) electrons. The summed E-state index contributed by atoms with van der Waals surface area (Å²) in [6.07, 6.45) is 2.55. The van der Waals surface area contributed by atoms with Gasteiger partial charge in [0.1, 0.15) is 5.82 Å². The molecule has 2 aromatic rings. The predicted molar refractivity (Wildman–Crippen MR) is 67.1 cm³/mol. The van der Waals surface area contributed by atoms with E-state index in [0.29, 0.717) is 17.4 Å². The van der Waals surface area contributed by atoms with Crippen LogP contribution in [0.3, 0.4) is 0 Å². The normalized spacial score (nSPS) is 11.4. The Morgan fingerprint density at radius 1 is 1.59 bits per heavy atom. The lowest BCUT2D eigenvalue weighted by Gasteiger charge is -2.03. The number of aryl methyl sites for hydroxylation is 1. The molecule has 5 heteroatoms. The van der Waals surface area contributed by atoms with E-state index < -0.39 is 5.97 Å². The zero-order valence-electron chi connectivity index (χ0n) is 9.22. The van der Waals surface area contributed by atoms with Crippen LogP contribution in [0.5, 0.6) is 0 Å². The van der Waals surface area contributed by atoms with Crippen molar-refractivity contribution in [3.63, 3.8) is 0 Å². The minimum atomic E-state index is -0.995. The molecule has 0 bridgehead atoms. The van der Waals surface area contributed by atoms with Crippen LogP contribution < -0.4 is 0 Å². The largest absolute Gasteiger partial charge is 0.478 e. The number of hydrogen-bond acceptors (Lipinski definition) is 2. The molecular weight excluding hydrogens is 240 g/mol. The summed E-state index contributed by atoms with van der Waals surface area (Å²) in [5.74, 6) is -0.399. The number of hydrogen-bond donors (Lipinski definition) is 1. The van der Waals surface area contributed by atoms with Crippen molar-refractivity contribution >= 4 is 34.7 Å². The van der Waals surface area contributed by atoms with Crippen LogP contribution in [-0.2, 0) is 11.3 Å². The minimum absolute atomic E-state index is 0.595. The molecule has 0 unspecified atom stereocenters. The van der Waals surface area contributed by atoms with Gasteiger partial charge in [0.2, 0.25) is 0 Å². The number of benzene rings is 1. The Balaban J connectivity index is 2.64. The molecule has 0 saturated carbocycles. The summed E-state index contributed by atoms with van der Waals surface area (Å²) in [5, 5.41) is 9.24. The SMILES string of the molecule is CCn1c(/C=C/C(=O)O)nc2cccc(Cl)c21. The molecule has 0 atom stereocenters. The van der Waals surface area contributed by atoms with Gasteiger partial charge in [-0.1, -0.05) is 17.7 Å². The van der Waals surface area contributed by atoms with E-state index in [1.807, 2.05) is 23.6 Å². The molecule has 0 aliphatic carbocycles. The maximum Gasteiger partial charge on any atom is 0.328 e. The van der Waals surface area contributed by atoms with Crippen molar-refractivity contribution in [2.75, 3.05) is 0 Å². The minimum Gasteiger partial charge on any atom is -0.478 e. The van der Waals surface area contributed by atoms with Crippen LogP contribution in [-0.4, -0.2) is 20.6 Å². The quantitative estimate of drug-likeness (QED) is 0.853. The predicted octanol–water partition coefficient (Wildman–Crippen LogP) is 2.81. The van der Waals surface area contributed by atoms with E-state index in [2.05, 4.69) is 4.98 Å². The van der Waals surface area contributed by atoms with Crippen molar-refractivity contribution in [3.05, 3.63) is 35.1 Å². The summed E-state index contributed by atoms with van der Waals surface area (Å²) in [7, 11) is 0. The molecule has 1 aromatic heterocycles. The number of halogens is 1. The van der Waals surface area contributed by atoms with Crippen LogP contribution >= 0.6 is 11.6 Å². The third-order valence-electron chi connectivity index (χ3n) is 2.44. The highest BCUT2D eigenvalue weighted by Crippen LogP contribution is 2.24. The van der Waals surface area contributed by atoms with E-state index in [1.54, 1.807) is 6.07 Å². The lowest BCUT2D eigenvalue weighted by molar-refractivity contribution is -0.131. The molecule has 0 aliphatic heterocycles. The van der Waals surface area contributed by atoms with Crippen molar-refractivity contribution in [1.29, 1.82) is 0 Å². The molecule has 4 nitrogen and oxygen atoms in total. The van der Waals surface area contributed by atoms with E-state index >= 15 is 0 Å². The average molecular weight is 251 g/mol. The fraction of sp³-hybridized carbons (Fsp3) is 0.167. The monoisotopic (exact) mass is 250 g/mol. The molecule has 17 heavy (non-hydrogen) atoms. The Kier molecular flexibility index (Phi) is 3.15. The fourth-order valence-corrected chi connectivity index (χ4v) is 2.02. The van der Waals surface area contributed by atoms with Crippen molar-refractivity contribution in [3.8, 4) is 0 Å². The number of aliphatic carboxylic acids is 1. The van der Waals surface area contributed by atoms with Gasteiger partial charge in [0, 0.05) is 12.6 Å². The second-order valence-electron chi connectivity index (χ2n) is 3.49. The van der Waals surface area contributed by atoms with E-state index in [1.165, 1.54) is 6.08 Å². The number of carboxylic acids is 1. The van der Waals surface area contributed by atoms with Crippen molar-refractivity contribution < 1.29 is 9.90 Å². The third kappa shape index (κ3) is 2.17. The van der Waals surface area contributed by atoms with Crippen molar-refractivity contribution in [2.45, 2.75) is 13.5 Å². The molecule has 0 aliphatic rings. The summed E-state index contributed by atoms with van der Waals surface area (Å²) in [6, 6.07) is 5.47. The Bertz CT molecular complexity index is 602. The molecule has 0 saturated heterocycles. The van der Waals surface area contributed by atoms with E-state index in [4.69, 9.17) is 16.7 Å². The van der Waals surface area contributed by atoms with Crippen LogP contribution in [0.15, 0.2) is 24.3 Å². The van der Waals surface area contributed by atoms with E-state index in [-0.39, 0.29) is 0 Å². The highest BCUT2D eigenvalue weighted by atomic mass is 35.5. The molecule has 1 aromatic carbocycles. The number of nitrogens with zero attached hydrogens (tertiary/aromatic N) is 2. The number of para-hydroxylation sites is 1. The average Bonchev–Trinajstić information content (AvgIpc) is 2.65. The second-order valence-corrected chi connectivity index (χ2v) is 3.90. The molecule has 88 valence electrons. The topological polar surface area (TPSA) is 55.1 Å². The maximum absolute atomic E-state index is 10.5. The van der Waals surface area contributed by atoms with E-state index in [9.17, 15) is 4.79 Å². The molecule has 2 rings (SSSR count). The van der Waals surface area contributed by atoms with Gasteiger partial charge in [-0.15, -0.1) is 0 Å². The van der Waals surface area contributed by atoms with Crippen LogP contribution in [0.25, 0.3) is 17.1 Å². The van der Waals surface area contributed by atoms with Gasteiger partial charge in [0.25, 0.3) is 0 Å². The first-order valence-electron chi connectivity index (χ1n) is 5.19. The summed E-state index contributed by atoms with van der Waals surface area (Å²) >= 11 is 6.12. The number of rotatable bonds is 3. The zero-order valence-corrected chi connectivity index (χ0v) is 9.98. The number of imidazole rings is 1. The smallest absolute Gasteiger partial charge is 0.328 e. The van der Waals surface area contributed by atoms with Gasteiger partial charge in [-0.05, 0) is 25.1 Å². The van der Waals surface area contributed by atoms with E-state index in [0.717, 1.165) is 17.1 Å². The zero-order chi connectivity index (χ0) is 12.4. The summed E-state index contributed by atoms with van der Waals surface area (Å²) in [6.45, 7) is 2.64. The van der Waals surface area contributed by atoms with Gasteiger partial charge in [-0.2, -0.15) is 0 Å². The highest BCUT2D eigenvalue weighted by molar-refractivity contribution is 6.35. The van der Waals surface area contributed by atoms with Crippen molar-refractivity contribution in [1.82, 2.24) is 9.55 Å². The van der Waals surface area contributed by atoms with Crippen LogP contribution in [0.1, 0.15) is 12.7 Å². The van der Waals surface area contributed by atoms with Gasteiger partial charge in [0.15, 0.2) is 0 Å². The van der Waals surface area contributed by atoms with Crippen LogP contribution in [0.2, 0.25) is 5.02 Å². The molecule has 0 spiro atoms. The standard InChI is InChI=1S/C12H11ClN2O2/c1-2-15-10(6-7-11(16)17)14-9-5-3-4-8(13)12(9)15/h3-7H,2H2,1H3,(H,16,17)/b7-6+. The molecule has 0 fully saturated rings. The number of fused-ring (bicyclic) bond motifs is 1. The van der Waals surface area contributed by atoms with Gasteiger partial charge < -0.3 is 9.67 Å². The lowest BCUT2D eigenvalue weighted by atomic mass is 10.3. The molecule has 1 N–H and O–H groups in total. The summed E-state index contributed by atoms with van der Waals surface area (Å²) in [5.41, 5.74) is 1.60. The van der Waals surface area contributed by atoms with Crippen molar-refractivity contribution in [2.24, 2.45) is 0 Å². The summed E-state index contributed by atoms with van der Waals surface area (Å²) < 4.78 is 1.89. The highest BCUT2D eigenvalue weighted by Gasteiger charge is 2.10. The van der Waals surface area contributed by atoms with Gasteiger partial charge in [-0.3, -0.25) is 0 Å². The number of carboxylic acid groups (broad SMARTS) is 1. The van der Waals surface area contributed by atoms with Gasteiger partial charge >= 0.3 is 5.97 Å². The second kappa shape index (κ2) is 4.59. The lowest BCUT2D eigenvalue weighted by Crippen LogP contribution is -1.98. The first-order valence-corrected chi connectivity index (χ1v) is 5.57. The van der Waals surface area contributed by atoms with Crippen LogP contribution in [0.4, 0.5) is 0 Å². The Hall–Kier alpha value is -1.81. The first-order chi connectivity index (χ1) is 8.13. The van der Waals surface area contributed by atoms with Crippen LogP contribution in [0, 0.1) is 0 Å².